The van der Waals surface area contributed by atoms with Crippen LogP contribution in [0.4, 0.5) is 0 Å². The van der Waals surface area contributed by atoms with Gasteiger partial charge in [-0.05, 0) is 18.2 Å². The molecule has 0 bridgehead atoms. The second-order valence-corrected chi connectivity index (χ2v) is 5.32. The maximum Gasteiger partial charge on any atom is 0.325 e. The summed E-state index contributed by atoms with van der Waals surface area (Å²) in [6.45, 7) is 1.37. The molecule has 0 aliphatic carbocycles. The van der Waals surface area contributed by atoms with E-state index in [1.165, 1.54) is 0 Å². The van der Waals surface area contributed by atoms with E-state index in [0.29, 0.717) is 18.0 Å². The van der Waals surface area contributed by atoms with Crippen LogP contribution in [-0.4, -0.2) is 41.6 Å². The van der Waals surface area contributed by atoms with Crippen molar-refractivity contribution in [2.24, 2.45) is 0 Å². The van der Waals surface area contributed by atoms with Gasteiger partial charge in [0.05, 0.1) is 19.9 Å². The Morgan fingerprint density at radius 3 is 2.83 bits per heavy atom. The molecule has 1 aliphatic rings. The number of hydrogen-bond donors (Lipinski definition) is 2. The molecule has 0 spiro atoms. The molecule has 2 N–H and O–H groups in total. The van der Waals surface area contributed by atoms with Gasteiger partial charge >= 0.3 is 5.97 Å². The van der Waals surface area contributed by atoms with E-state index >= 15 is 0 Å². The third kappa shape index (κ3) is 2.87. The average molecular weight is 317 g/mol. The number of ether oxygens (including phenoxy) is 2. The number of nitrogens with one attached hydrogen (secondary N) is 1. The van der Waals surface area contributed by atoms with Crippen molar-refractivity contribution in [2.45, 2.75) is 19.5 Å². The van der Waals surface area contributed by atoms with Crippen LogP contribution in [0.1, 0.15) is 11.3 Å². The number of carbonyl (C=O) groups is 1. The second-order valence-electron chi connectivity index (χ2n) is 5.32. The third-order valence-corrected chi connectivity index (χ3v) is 3.95. The first kappa shape index (κ1) is 15.4. The van der Waals surface area contributed by atoms with Gasteiger partial charge in [0.25, 0.3) is 0 Å². The van der Waals surface area contributed by atoms with Gasteiger partial charge < -0.3 is 19.9 Å². The summed E-state index contributed by atoms with van der Waals surface area (Å²) in [6.07, 6.45) is 0.767. The van der Waals surface area contributed by atoms with Crippen LogP contribution in [0.3, 0.4) is 0 Å². The van der Waals surface area contributed by atoms with E-state index in [1.54, 1.807) is 18.9 Å². The summed E-state index contributed by atoms with van der Waals surface area (Å²) in [7, 11) is 3.17. The Morgan fingerprint density at radius 2 is 2.13 bits per heavy atom. The highest BCUT2D eigenvalue weighted by Crippen LogP contribution is 2.34. The monoisotopic (exact) mass is 317 g/mol. The van der Waals surface area contributed by atoms with E-state index in [1.807, 2.05) is 18.2 Å². The number of fused-ring (bicyclic) bond motifs is 1. The molecule has 0 saturated carbocycles. The summed E-state index contributed by atoms with van der Waals surface area (Å²) in [4.78, 5) is 11.1. The summed E-state index contributed by atoms with van der Waals surface area (Å²) in [5.41, 5.74) is 3.70. The summed E-state index contributed by atoms with van der Waals surface area (Å²) in [5, 5.41) is 16.9. The Morgan fingerprint density at radius 1 is 1.35 bits per heavy atom. The first-order valence-corrected chi connectivity index (χ1v) is 7.37. The summed E-state index contributed by atoms with van der Waals surface area (Å²) < 4.78 is 12.2. The van der Waals surface area contributed by atoms with Gasteiger partial charge in [0.1, 0.15) is 6.54 Å². The number of nitrogens with zero attached hydrogens (tertiary/aromatic N) is 2. The highest BCUT2D eigenvalue weighted by Gasteiger charge is 2.23. The highest BCUT2D eigenvalue weighted by molar-refractivity contribution is 5.70. The molecule has 1 aromatic carbocycles. The lowest BCUT2D eigenvalue weighted by atomic mass is 10.0. The van der Waals surface area contributed by atoms with Crippen LogP contribution in [0.5, 0.6) is 11.5 Å². The zero-order valence-corrected chi connectivity index (χ0v) is 13.1. The fourth-order valence-corrected chi connectivity index (χ4v) is 2.89. The van der Waals surface area contributed by atoms with E-state index in [4.69, 9.17) is 14.6 Å². The fourth-order valence-electron chi connectivity index (χ4n) is 2.89. The first-order valence-electron chi connectivity index (χ1n) is 7.37. The Hall–Kier alpha value is -2.54. The van der Waals surface area contributed by atoms with Crippen molar-refractivity contribution >= 4 is 5.97 Å². The lowest BCUT2D eigenvalue weighted by Gasteiger charge is -2.15. The van der Waals surface area contributed by atoms with Crippen LogP contribution in [0.25, 0.3) is 11.3 Å². The van der Waals surface area contributed by atoms with Gasteiger partial charge in [-0.1, -0.05) is 0 Å². The fraction of sp³-hybridized carbons (Fsp3) is 0.375. The van der Waals surface area contributed by atoms with E-state index in [9.17, 15) is 4.79 Å². The topological polar surface area (TPSA) is 85.6 Å². The predicted octanol–water partition coefficient (Wildman–Crippen LogP) is 1.30. The number of aliphatic carboxylic acids is 1. The van der Waals surface area contributed by atoms with Crippen LogP contribution < -0.4 is 14.8 Å². The number of rotatable bonds is 5. The Kier molecular flexibility index (Phi) is 4.20. The molecule has 2 aromatic rings. The van der Waals surface area contributed by atoms with E-state index in [0.717, 1.165) is 35.5 Å². The Balaban J connectivity index is 2.09. The van der Waals surface area contributed by atoms with E-state index in [-0.39, 0.29) is 6.54 Å². The molecule has 3 rings (SSSR count). The molecular weight excluding hydrogens is 298 g/mol. The normalized spacial score (nSPS) is 13.5. The smallest absolute Gasteiger partial charge is 0.325 e. The Bertz CT molecular complexity index is 739. The standard InChI is InChI=1S/C16H19N3O4/c1-22-13-4-3-10(7-14(13)23-2)16-11-8-17-6-5-12(11)19(18-16)9-15(20)21/h3-4,7,17H,5-6,8-9H2,1-2H3,(H,20,21). The first-order chi connectivity index (χ1) is 11.1. The van der Waals surface area contributed by atoms with Gasteiger partial charge in [-0.2, -0.15) is 5.10 Å². The number of benzene rings is 1. The molecule has 2 heterocycles. The van der Waals surface area contributed by atoms with Gasteiger partial charge in [-0.25, -0.2) is 0 Å². The van der Waals surface area contributed by atoms with Gasteiger partial charge in [-0.3, -0.25) is 9.48 Å². The zero-order valence-electron chi connectivity index (χ0n) is 13.1. The van der Waals surface area contributed by atoms with Crippen molar-refractivity contribution in [3.05, 3.63) is 29.5 Å². The van der Waals surface area contributed by atoms with Crippen molar-refractivity contribution in [3.63, 3.8) is 0 Å². The Labute approximate surface area is 133 Å². The quantitative estimate of drug-likeness (QED) is 0.864. The molecule has 0 amide bonds. The summed E-state index contributed by atoms with van der Waals surface area (Å²) in [5.74, 6) is 0.371. The maximum absolute atomic E-state index is 11.1. The van der Waals surface area contributed by atoms with Crippen LogP contribution in [0, 0.1) is 0 Å². The van der Waals surface area contributed by atoms with Gasteiger partial charge in [-0.15, -0.1) is 0 Å². The molecule has 23 heavy (non-hydrogen) atoms. The van der Waals surface area contributed by atoms with Crippen molar-refractivity contribution < 1.29 is 19.4 Å². The highest BCUT2D eigenvalue weighted by atomic mass is 16.5. The predicted molar refractivity (Wildman–Crippen MR) is 83.8 cm³/mol. The molecule has 0 fully saturated rings. The van der Waals surface area contributed by atoms with Crippen LogP contribution >= 0.6 is 0 Å². The van der Waals surface area contributed by atoms with Gasteiger partial charge in [0.15, 0.2) is 11.5 Å². The molecule has 7 heteroatoms. The number of hydrogen-bond acceptors (Lipinski definition) is 5. The number of carboxylic acids is 1. The molecule has 7 nitrogen and oxygen atoms in total. The van der Waals surface area contributed by atoms with E-state index < -0.39 is 5.97 Å². The largest absolute Gasteiger partial charge is 0.493 e. The molecule has 0 unspecified atom stereocenters. The van der Waals surface area contributed by atoms with Crippen molar-refractivity contribution in [2.75, 3.05) is 20.8 Å². The van der Waals surface area contributed by atoms with Crippen LogP contribution in [0.15, 0.2) is 18.2 Å². The minimum atomic E-state index is -0.896. The summed E-state index contributed by atoms with van der Waals surface area (Å²) in [6, 6.07) is 5.60. The minimum Gasteiger partial charge on any atom is -0.493 e. The van der Waals surface area contributed by atoms with Crippen LogP contribution in [0.2, 0.25) is 0 Å². The minimum absolute atomic E-state index is 0.129. The van der Waals surface area contributed by atoms with Crippen LogP contribution in [-0.2, 0) is 24.3 Å². The summed E-state index contributed by atoms with van der Waals surface area (Å²) >= 11 is 0. The maximum atomic E-state index is 11.1. The zero-order chi connectivity index (χ0) is 16.4. The molecule has 122 valence electrons. The number of methoxy groups -OCH3 is 2. The SMILES string of the molecule is COc1ccc(-c2nn(CC(=O)O)c3c2CNCC3)cc1OC. The molecule has 0 atom stereocenters. The lowest BCUT2D eigenvalue weighted by Crippen LogP contribution is -2.25. The third-order valence-electron chi connectivity index (χ3n) is 3.95. The molecular formula is C16H19N3O4. The lowest BCUT2D eigenvalue weighted by molar-refractivity contribution is -0.137. The average Bonchev–Trinajstić information content (AvgIpc) is 2.92. The molecule has 1 aromatic heterocycles. The second kappa shape index (κ2) is 6.29. The van der Waals surface area contributed by atoms with Gasteiger partial charge in [0, 0.05) is 36.3 Å². The molecule has 0 radical (unpaired) electrons. The van der Waals surface area contributed by atoms with E-state index in [2.05, 4.69) is 10.4 Å². The van der Waals surface area contributed by atoms with Gasteiger partial charge in [0.2, 0.25) is 0 Å². The molecule has 0 saturated heterocycles. The number of carboxylic acid groups (broad SMARTS) is 1. The number of aromatic nitrogens is 2. The van der Waals surface area contributed by atoms with Crippen molar-refractivity contribution in [3.8, 4) is 22.8 Å². The van der Waals surface area contributed by atoms with Crippen molar-refractivity contribution in [1.29, 1.82) is 0 Å². The van der Waals surface area contributed by atoms with Crippen molar-refractivity contribution in [1.82, 2.24) is 15.1 Å². The molecule has 1 aliphatic heterocycles.